The monoisotopic (exact) mass is 224 g/mol. The van der Waals surface area contributed by atoms with Crippen molar-refractivity contribution in [2.75, 3.05) is 19.6 Å². The Morgan fingerprint density at radius 3 is 2.50 bits per heavy atom. The van der Waals surface area contributed by atoms with Crippen molar-refractivity contribution in [2.45, 2.75) is 65.0 Å². The maximum atomic E-state index is 3.68. The third kappa shape index (κ3) is 2.60. The van der Waals surface area contributed by atoms with Gasteiger partial charge in [-0.2, -0.15) is 0 Å². The van der Waals surface area contributed by atoms with Gasteiger partial charge in [0, 0.05) is 31.7 Å². The molecule has 2 unspecified atom stereocenters. The van der Waals surface area contributed by atoms with Gasteiger partial charge in [0.25, 0.3) is 0 Å². The molecule has 0 radical (unpaired) electrons. The van der Waals surface area contributed by atoms with Crippen LogP contribution in [-0.4, -0.2) is 36.6 Å². The smallest absolute Gasteiger partial charge is 0.0219 e. The molecule has 1 N–H and O–H groups in total. The van der Waals surface area contributed by atoms with Crippen LogP contribution in [-0.2, 0) is 0 Å². The lowest BCUT2D eigenvalue weighted by Crippen LogP contribution is -2.58. The van der Waals surface area contributed by atoms with Crippen LogP contribution in [0.4, 0.5) is 0 Å². The average Bonchev–Trinajstić information content (AvgIpc) is 2.27. The molecule has 0 bridgehead atoms. The summed E-state index contributed by atoms with van der Waals surface area (Å²) < 4.78 is 0. The van der Waals surface area contributed by atoms with Gasteiger partial charge in [0.2, 0.25) is 0 Å². The van der Waals surface area contributed by atoms with Gasteiger partial charge in [0.1, 0.15) is 0 Å². The van der Waals surface area contributed by atoms with Crippen molar-refractivity contribution in [3.63, 3.8) is 0 Å². The van der Waals surface area contributed by atoms with E-state index in [0.717, 1.165) is 12.1 Å². The summed E-state index contributed by atoms with van der Waals surface area (Å²) in [4.78, 5) is 2.77. The molecule has 94 valence electrons. The van der Waals surface area contributed by atoms with Crippen molar-refractivity contribution in [2.24, 2.45) is 5.41 Å². The van der Waals surface area contributed by atoms with E-state index in [2.05, 4.69) is 31.0 Å². The quantitative estimate of drug-likeness (QED) is 0.790. The van der Waals surface area contributed by atoms with Crippen LogP contribution in [0.25, 0.3) is 0 Å². The fourth-order valence-electron chi connectivity index (χ4n) is 3.23. The van der Waals surface area contributed by atoms with Crippen LogP contribution in [0.3, 0.4) is 0 Å². The van der Waals surface area contributed by atoms with Crippen LogP contribution in [0.2, 0.25) is 0 Å². The number of hydrogen-bond donors (Lipinski definition) is 1. The Kier molecular flexibility index (Phi) is 3.91. The minimum absolute atomic E-state index is 0.642. The predicted molar refractivity (Wildman–Crippen MR) is 69.7 cm³/mol. The first-order valence-corrected chi connectivity index (χ1v) is 7.14. The van der Waals surface area contributed by atoms with Gasteiger partial charge in [-0.3, -0.25) is 4.90 Å². The van der Waals surface area contributed by atoms with E-state index in [0.29, 0.717) is 5.41 Å². The van der Waals surface area contributed by atoms with E-state index in [1.807, 2.05) is 0 Å². The van der Waals surface area contributed by atoms with Gasteiger partial charge in [-0.1, -0.05) is 27.2 Å². The van der Waals surface area contributed by atoms with Crippen molar-refractivity contribution in [1.29, 1.82) is 0 Å². The molecule has 2 nitrogen and oxygen atoms in total. The Bertz CT molecular complexity index is 223. The van der Waals surface area contributed by atoms with Gasteiger partial charge in [-0.25, -0.2) is 0 Å². The summed E-state index contributed by atoms with van der Waals surface area (Å²) in [5.74, 6) is 0. The summed E-state index contributed by atoms with van der Waals surface area (Å²) in [5.41, 5.74) is 0.642. The molecule has 2 aliphatic rings. The minimum atomic E-state index is 0.642. The van der Waals surface area contributed by atoms with Crippen LogP contribution < -0.4 is 5.32 Å². The van der Waals surface area contributed by atoms with E-state index in [1.54, 1.807) is 0 Å². The van der Waals surface area contributed by atoms with Gasteiger partial charge < -0.3 is 5.32 Å². The maximum absolute atomic E-state index is 3.68. The molecular formula is C14H28N2. The zero-order valence-electron chi connectivity index (χ0n) is 11.3. The summed E-state index contributed by atoms with van der Waals surface area (Å²) in [7, 11) is 0. The van der Waals surface area contributed by atoms with Gasteiger partial charge in [0.05, 0.1) is 0 Å². The minimum Gasteiger partial charge on any atom is -0.311 e. The Hall–Kier alpha value is -0.0800. The standard InChI is InChI=1S/C14H28N2/c1-4-12-10-16(13(5-2)9-15-12)11-14(3)7-6-8-14/h12-13,15H,4-11H2,1-3H3. The van der Waals surface area contributed by atoms with Crippen LogP contribution in [0.15, 0.2) is 0 Å². The fraction of sp³-hybridized carbons (Fsp3) is 1.00. The van der Waals surface area contributed by atoms with E-state index in [-0.39, 0.29) is 0 Å². The molecular weight excluding hydrogens is 196 g/mol. The normalized spacial score (nSPS) is 34.7. The van der Waals surface area contributed by atoms with Gasteiger partial charge >= 0.3 is 0 Å². The Morgan fingerprint density at radius 2 is 2.00 bits per heavy atom. The third-order valence-corrected chi connectivity index (χ3v) is 4.72. The molecule has 16 heavy (non-hydrogen) atoms. The molecule has 2 fully saturated rings. The molecule has 2 heteroatoms. The second-order valence-corrected chi connectivity index (χ2v) is 6.17. The van der Waals surface area contributed by atoms with E-state index in [9.17, 15) is 0 Å². The highest BCUT2D eigenvalue weighted by molar-refractivity contribution is 4.92. The molecule has 1 aliphatic heterocycles. The first-order chi connectivity index (χ1) is 7.67. The number of nitrogens with zero attached hydrogens (tertiary/aromatic N) is 1. The lowest BCUT2D eigenvalue weighted by Gasteiger charge is -2.48. The van der Waals surface area contributed by atoms with Crippen LogP contribution >= 0.6 is 0 Å². The van der Waals surface area contributed by atoms with Crippen molar-refractivity contribution in [3.05, 3.63) is 0 Å². The summed E-state index contributed by atoms with van der Waals surface area (Å²) in [5, 5.41) is 3.68. The molecule has 1 heterocycles. The van der Waals surface area contributed by atoms with E-state index >= 15 is 0 Å². The summed E-state index contributed by atoms with van der Waals surface area (Å²) in [6, 6.07) is 1.51. The molecule has 0 amide bonds. The number of hydrogen-bond acceptors (Lipinski definition) is 2. The molecule has 0 aromatic rings. The van der Waals surface area contributed by atoms with Crippen LogP contribution in [0.5, 0.6) is 0 Å². The first-order valence-electron chi connectivity index (χ1n) is 7.14. The molecule has 1 saturated heterocycles. The highest BCUT2D eigenvalue weighted by atomic mass is 15.2. The SMILES string of the molecule is CCC1CN(CC2(C)CCC2)C(CC)CN1. The van der Waals surface area contributed by atoms with Gasteiger partial charge in [-0.05, 0) is 31.1 Å². The molecule has 0 spiro atoms. The van der Waals surface area contributed by atoms with Crippen LogP contribution in [0, 0.1) is 5.41 Å². The molecule has 1 aliphatic carbocycles. The zero-order valence-corrected chi connectivity index (χ0v) is 11.3. The molecule has 0 aromatic carbocycles. The number of nitrogens with one attached hydrogen (secondary N) is 1. The molecule has 0 aromatic heterocycles. The Morgan fingerprint density at radius 1 is 1.25 bits per heavy atom. The summed E-state index contributed by atoms with van der Waals surface area (Å²) in [6.45, 7) is 10.9. The Balaban J connectivity index is 1.92. The van der Waals surface area contributed by atoms with E-state index < -0.39 is 0 Å². The van der Waals surface area contributed by atoms with Gasteiger partial charge in [0.15, 0.2) is 0 Å². The molecule has 2 atom stereocenters. The van der Waals surface area contributed by atoms with E-state index in [1.165, 1.54) is 51.7 Å². The highest BCUT2D eigenvalue weighted by Crippen LogP contribution is 2.41. The average molecular weight is 224 g/mol. The second kappa shape index (κ2) is 5.05. The van der Waals surface area contributed by atoms with Crippen molar-refractivity contribution in [3.8, 4) is 0 Å². The summed E-state index contributed by atoms with van der Waals surface area (Å²) in [6.07, 6.45) is 6.91. The zero-order chi connectivity index (χ0) is 11.6. The van der Waals surface area contributed by atoms with E-state index in [4.69, 9.17) is 0 Å². The van der Waals surface area contributed by atoms with Gasteiger partial charge in [-0.15, -0.1) is 0 Å². The number of piperazine rings is 1. The molecule has 2 rings (SSSR count). The highest BCUT2D eigenvalue weighted by Gasteiger charge is 2.36. The largest absolute Gasteiger partial charge is 0.311 e. The first kappa shape index (κ1) is 12.4. The van der Waals surface area contributed by atoms with Crippen molar-refractivity contribution >= 4 is 0 Å². The Labute approximate surface area is 101 Å². The lowest BCUT2D eigenvalue weighted by molar-refractivity contribution is 0.0342. The predicted octanol–water partition coefficient (Wildman–Crippen LogP) is 2.64. The second-order valence-electron chi connectivity index (χ2n) is 6.17. The summed E-state index contributed by atoms with van der Waals surface area (Å²) >= 11 is 0. The molecule has 1 saturated carbocycles. The number of rotatable bonds is 4. The van der Waals surface area contributed by atoms with Crippen LogP contribution in [0.1, 0.15) is 52.9 Å². The third-order valence-electron chi connectivity index (χ3n) is 4.72. The lowest BCUT2D eigenvalue weighted by atomic mass is 9.70. The fourth-order valence-corrected chi connectivity index (χ4v) is 3.23. The van der Waals surface area contributed by atoms with Crippen molar-refractivity contribution < 1.29 is 0 Å². The van der Waals surface area contributed by atoms with Crippen molar-refractivity contribution in [1.82, 2.24) is 10.2 Å². The maximum Gasteiger partial charge on any atom is 0.0219 e. The topological polar surface area (TPSA) is 15.3 Å².